The second kappa shape index (κ2) is 6.70. The van der Waals surface area contributed by atoms with Gasteiger partial charge in [0, 0.05) is 55.4 Å². The minimum absolute atomic E-state index is 0.0747. The molecule has 29 heavy (non-hydrogen) atoms. The summed E-state index contributed by atoms with van der Waals surface area (Å²) in [6.07, 6.45) is 3.73. The fraction of sp³-hybridized carbons (Fsp3) is 0.318. The van der Waals surface area contributed by atoms with Crippen LogP contribution in [0.5, 0.6) is 0 Å². The fourth-order valence-electron chi connectivity index (χ4n) is 4.29. The number of nitrogens with zero attached hydrogens (tertiary/aromatic N) is 5. The summed E-state index contributed by atoms with van der Waals surface area (Å²) in [6.45, 7) is 6.20. The number of piperazine rings is 1. The number of nitrogens with one attached hydrogen (secondary N) is 1. The van der Waals surface area contributed by atoms with E-state index in [0.29, 0.717) is 23.4 Å². The van der Waals surface area contributed by atoms with Crippen molar-refractivity contribution in [3.63, 3.8) is 0 Å². The Hall–Kier alpha value is -3.19. The molecule has 0 unspecified atom stereocenters. The Morgan fingerprint density at radius 1 is 1.07 bits per heavy atom. The summed E-state index contributed by atoms with van der Waals surface area (Å²) in [6, 6.07) is 12.4. The van der Waals surface area contributed by atoms with Crippen LogP contribution in [0.15, 0.2) is 53.6 Å². The van der Waals surface area contributed by atoms with Crippen molar-refractivity contribution in [3.05, 3.63) is 59.1 Å². The molecule has 1 aromatic carbocycles. The van der Waals surface area contributed by atoms with Gasteiger partial charge in [0.25, 0.3) is 5.56 Å². The summed E-state index contributed by atoms with van der Waals surface area (Å²) in [5.41, 5.74) is 4.27. The van der Waals surface area contributed by atoms with Crippen LogP contribution in [0.2, 0.25) is 0 Å². The second-order valence-corrected chi connectivity index (χ2v) is 8.01. The predicted molar refractivity (Wildman–Crippen MR) is 115 cm³/mol. The van der Waals surface area contributed by atoms with Crippen LogP contribution in [0.1, 0.15) is 13.8 Å². The third-order valence-corrected chi connectivity index (χ3v) is 5.61. The monoisotopic (exact) mass is 388 g/mol. The zero-order valence-corrected chi connectivity index (χ0v) is 16.8. The van der Waals surface area contributed by atoms with E-state index < -0.39 is 0 Å². The van der Waals surface area contributed by atoms with Crippen LogP contribution in [0.4, 0.5) is 5.69 Å². The molecule has 2 atom stereocenters. The van der Waals surface area contributed by atoms with Gasteiger partial charge >= 0.3 is 0 Å². The van der Waals surface area contributed by atoms with Crippen molar-refractivity contribution in [3.8, 4) is 11.3 Å². The smallest absolute Gasteiger partial charge is 0.258 e. The lowest BCUT2D eigenvalue weighted by atomic mass is 10.1. The molecule has 148 valence electrons. The lowest BCUT2D eigenvalue weighted by molar-refractivity contribution is 0.407. The number of rotatable bonds is 2. The molecule has 7 nitrogen and oxygen atoms in total. The van der Waals surface area contributed by atoms with Crippen molar-refractivity contribution >= 4 is 22.2 Å². The summed E-state index contributed by atoms with van der Waals surface area (Å²) in [5, 5.41) is 8.85. The number of anilines is 1. The number of pyridine rings is 1. The maximum absolute atomic E-state index is 12.9. The molecular weight excluding hydrogens is 364 g/mol. The highest BCUT2D eigenvalue weighted by Crippen LogP contribution is 2.23. The van der Waals surface area contributed by atoms with Gasteiger partial charge in [0.1, 0.15) is 5.65 Å². The number of hydrogen-bond acceptors (Lipinski definition) is 5. The van der Waals surface area contributed by atoms with Crippen molar-refractivity contribution in [1.29, 1.82) is 0 Å². The first-order chi connectivity index (χ1) is 14.0. The molecule has 1 N–H and O–H groups in total. The number of aromatic nitrogens is 4. The van der Waals surface area contributed by atoms with E-state index in [2.05, 4.69) is 35.2 Å². The molecule has 1 aliphatic rings. The summed E-state index contributed by atoms with van der Waals surface area (Å²) < 4.78 is 3.47. The van der Waals surface area contributed by atoms with Crippen LogP contribution in [0.3, 0.4) is 0 Å². The molecule has 0 bridgehead atoms. The van der Waals surface area contributed by atoms with E-state index in [1.165, 1.54) is 0 Å². The standard InChI is InChI=1S/C22H24N6O/c1-14-11-27(12-15(2)24-14)18-5-7-21-25-19(9-22(29)28(21)13-18)16-4-6-20-17(8-16)10-23-26(20)3/h4-10,13-15,24H,11-12H2,1-3H3/t14-,15+. The third-order valence-electron chi connectivity index (χ3n) is 5.61. The highest BCUT2D eigenvalue weighted by molar-refractivity contribution is 5.84. The van der Waals surface area contributed by atoms with E-state index in [1.54, 1.807) is 10.5 Å². The molecule has 7 heteroatoms. The Bertz CT molecular complexity index is 1260. The summed E-state index contributed by atoms with van der Waals surface area (Å²) in [7, 11) is 1.92. The first-order valence-electron chi connectivity index (χ1n) is 9.94. The Morgan fingerprint density at radius 2 is 1.86 bits per heavy atom. The lowest BCUT2D eigenvalue weighted by Gasteiger charge is -2.37. The predicted octanol–water partition coefficient (Wildman–Crippen LogP) is 2.43. The largest absolute Gasteiger partial charge is 0.367 e. The van der Waals surface area contributed by atoms with E-state index in [1.807, 2.05) is 48.4 Å². The molecule has 1 saturated heterocycles. The van der Waals surface area contributed by atoms with Crippen LogP contribution in [0.25, 0.3) is 27.8 Å². The Balaban J connectivity index is 1.55. The Labute approximate surface area is 168 Å². The summed E-state index contributed by atoms with van der Waals surface area (Å²) >= 11 is 0. The van der Waals surface area contributed by atoms with Gasteiger partial charge < -0.3 is 10.2 Å². The zero-order chi connectivity index (χ0) is 20.1. The van der Waals surface area contributed by atoms with Crippen molar-refractivity contribution in [2.75, 3.05) is 18.0 Å². The van der Waals surface area contributed by atoms with Gasteiger partial charge in [-0.15, -0.1) is 0 Å². The molecule has 0 spiro atoms. The van der Waals surface area contributed by atoms with Gasteiger partial charge in [-0.3, -0.25) is 13.9 Å². The van der Waals surface area contributed by atoms with Gasteiger partial charge in [0.05, 0.1) is 23.1 Å². The van der Waals surface area contributed by atoms with Crippen molar-refractivity contribution in [2.24, 2.45) is 7.05 Å². The van der Waals surface area contributed by atoms with E-state index in [0.717, 1.165) is 35.2 Å². The van der Waals surface area contributed by atoms with Crippen LogP contribution in [-0.4, -0.2) is 44.3 Å². The molecule has 5 rings (SSSR count). The van der Waals surface area contributed by atoms with Gasteiger partial charge in [-0.05, 0) is 38.1 Å². The Kier molecular flexibility index (Phi) is 4.13. The highest BCUT2D eigenvalue weighted by Gasteiger charge is 2.21. The van der Waals surface area contributed by atoms with Crippen molar-refractivity contribution < 1.29 is 0 Å². The summed E-state index contributed by atoms with van der Waals surface area (Å²) in [5.74, 6) is 0. The van der Waals surface area contributed by atoms with Gasteiger partial charge in [-0.1, -0.05) is 6.07 Å². The normalized spacial score (nSPS) is 19.9. The number of fused-ring (bicyclic) bond motifs is 2. The molecule has 4 heterocycles. The minimum atomic E-state index is -0.0747. The van der Waals surface area contributed by atoms with Crippen LogP contribution >= 0.6 is 0 Å². The van der Waals surface area contributed by atoms with Crippen LogP contribution in [-0.2, 0) is 7.05 Å². The van der Waals surface area contributed by atoms with Crippen LogP contribution in [0, 0.1) is 0 Å². The summed E-state index contributed by atoms with van der Waals surface area (Å²) in [4.78, 5) is 19.9. The van der Waals surface area contributed by atoms with E-state index in [-0.39, 0.29) is 5.56 Å². The molecular formula is C22H24N6O. The van der Waals surface area contributed by atoms with E-state index in [9.17, 15) is 4.79 Å². The average Bonchev–Trinajstić information content (AvgIpc) is 3.07. The number of aryl methyl sites for hydroxylation is 1. The molecule has 0 radical (unpaired) electrons. The molecule has 0 saturated carbocycles. The molecule has 3 aromatic heterocycles. The minimum Gasteiger partial charge on any atom is -0.367 e. The highest BCUT2D eigenvalue weighted by atomic mass is 16.1. The molecule has 0 aliphatic carbocycles. The van der Waals surface area contributed by atoms with E-state index >= 15 is 0 Å². The third kappa shape index (κ3) is 3.17. The zero-order valence-electron chi connectivity index (χ0n) is 16.8. The van der Waals surface area contributed by atoms with Gasteiger partial charge in [0.2, 0.25) is 0 Å². The van der Waals surface area contributed by atoms with Crippen molar-refractivity contribution in [1.82, 2.24) is 24.5 Å². The maximum Gasteiger partial charge on any atom is 0.258 e. The molecule has 1 aliphatic heterocycles. The first-order valence-corrected chi connectivity index (χ1v) is 9.94. The van der Waals surface area contributed by atoms with Gasteiger partial charge in [0.15, 0.2) is 0 Å². The first kappa shape index (κ1) is 17.9. The van der Waals surface area contributed by atoms with Crippen molar-refractivity contribution in [2.45, 2.75) is 25.9 Å². The number of hydrogen-bond donors (Lipinski definition) is 1. The average molecular weight is 388 g/mol. The molecule has 1 fully saturated rings. The van der Waals surface area contributed by atoms with E-state index in [4.69, 9.17) is 4.98 Å². The number of benzene rings is 1. The van der Waals surface area contributed by atoms with Gasteiger partial charge in [-0.2, -0.15) is 5.10 Å². The quantitative estimate of drug-likeness (QED) is 0.571. The SMILES string of the molecule is C[C@@H]1CN(c2ccc3nc(-c4ccc5c(cnn5C)c4)cc(=O)n3c2)C[C@H](C)N1. The lowest BCUT2D eigenvalue weighted by Crippen LogP contribution is -2.54. The molecule has 4 aromatic rings. The fourth-order valence-corrected chi connectivity index (χ4v) is 4.29. The van der Waals surface area contributed by atoms with Gasteiger partial charge in [-0.25, -0.2) is 4.98 Å². The maximum atomic E-state index is 12.9. The molecule has 0 amide bonds. The second-order valence-electron chi connectivity index (χ2n) is 8.01. The Morgan fingerprint density at radius 3 is 2.66 bits per heavy atom. The van der Waals surface area contributed by atoms with Crippen LogP contribution < -0.4 is 15.8 Å². The topological polar surface area (TPSA) is 67.5 Å².